The Balaban J connectivity index is 1.51. The van der Waals surface area contributed by atoms with Gasteiger partial charge in [-0.3, -0.25) is 9.36 Å². The van der Waals surface area contributed by atoms with Crippen LogP contribution in [0.25, 0.3) is 0 Å². The number of carbonyl (C=O) groups excluding carboxylic acids is 1. The predicted molar refractivity (Wildman–Crippen MR) is 116 cm³/mol. The van der Waals surface area contributed by atoms with Crippen LogP contribution in [0.15, 0.2) is 42.1 Å². The monoisotopic (exact) mass is 434 g/mol. The third kappa shape index (κ3) is 6.78. The molecule has 1 heterocycles. The van der Waals surface area contributed by atoms with Crippen molar-refractivity contribution >= 4 is 29.3 Å². The molecular weight excluding hydrogens is 408 g/mol. The van der Waals surface area contributed by atoms with Crippen molar-refractivity contribution in [3.05, 3.63) is 47.8 Å². The van der Waals surface area contributed by atoms with Gasteiger partial charge in [0.25, 0.3) is 0 Å². The molecule has 1 fully saturated rings. The van der Waals surface area contributed by atoms with E-state index in [1.165, 1.54) is 43.9 Å². The minimum absolute atomic E-state index is 0.0349. The molecule has 1 aromatic carbocycles. The van der Waals surface area contributed by atoms with Crippen molar-refractivity contribution in [2.24, 2.45) is 5.92 Å². The number of nitrogens with one attached hydrogen (secondary N) is 1. The Morgan fingerprint density at radius 1 is 1.28 bits per heavy atom. The van der Waals surface area contributed by atoms with E-state index in [1.54, 1.807) is 18.2 Å². The second kappa shape index (κ2) is 11.3. The topological polar surface area (TPSA) is 69.0 Å². The van der Waals surface area contributed by atoms with Crippen molar-refractivity contribution in [2.75, 3.05) is 12.3 Å². The minimum atomic E-state index is 0.0349. The number of ether oxygens (including phenoxy) is 1. The van der Waals surface area contributed by atoms with Crippen molar-refractivity contribution in [3.63, 3.8) is 0 Å². The van der Waals surface area contributed by atoms with Crippen LogP contribution in [0.3, 0.4) is 0 Å². The average molecular weight is 435 g/mol. The predicted octanol–water partition coefficient (Wildman–Crippen LogP) is 4.49. The summed E-state index contributed by atoms with van der Waals surface area (Å²) in [6.45, 7) is 5.41. The lowest BCUT2D eigenvalue weighted by Crippen LogP contribution is -2.31. The van der Waals surface area contributed by atoms with Crippen LogP contribution in [-0.2, 0) is 17.9 Å². The molecule has 2 aromatic rings. The van der Waals surface area contributed by atoms with E-state index in [0.29, 0.717) is 40.0 Å². The minimum Gasteiger partial charge on any atom is -0.486 e. The summed E-state index contributed by atoms with van der Waals surface area (Å²) in [6, 6.07) is 7.17. The lowest BCUT2D eigenvalue weighted by atomic mass is 9.89. The first kappa shape index (κ1) is 21.7. The second-order valence-electron chi connectivity index (χ2n) is 7.14. The van der Waals surface area contributed by atoms with Gasteiger partial charge in [-0.15, -0.1) is 16.8 Å². The molecule has 1 aromatic heterocycles. The molecule has 0 unspecified atom stereocenters. The molecule has 1 aliphatic rings. The summed E-state index contributed by atoms with van der Waals surface area (Å²) in [4.78, 5) is 12.2. The molecule has 1 saturated carbocycles. The van der Waals surface area contributed by atoms with Crippen LogP contribution in [-0.4, -0.2) is 33.0 Å². The zero-order valence-corrected chi connectivity index (χ0v) is 18.1. The number of thioether (sulfide) groups is 1. The van der Waals surface area contributed by atoms with Crippen molar-refractivity contribution in [1.29, 1.82) is 0 Å². The van der Waals surface area contributed by atoms with Gasteiger partial charge in [-0.05, 0) is 43.0 Å². The summed E-state index contributed by atoms with van der Waals surface area (Å²) in [5, 5.41) is 12.9. The molecule has 29 heavy (non-hydrogen) atoms. The van der Waals surface area contributed by atoms with E-state index in [4.69, 9.17) is 16.3 Å². The van der Waals surface area contributed by atoms with Gasteiger partial charge < -0.3 is 10.1 Å². The number of benzene rings is 1. The van der Waals surface area contributed by atoms with Gasteiger partial charge in [0.1, 0.15) is 12.4 Å². The van der Waals surface area contributed by atoms with Gasteiger partial charge in [0, 0.05) is 18.1 Å². The van der Waals surface area contributed by atoms with Crippen LogP contribution in [0.4, 0.5) is 0 Å². The van der Waals surface area contributed by atoms with E-state index in [2.05, 4.69) is 22.1 Å². The fraction of sp³-hybridized carbons (Fsp3) is 0.476. The molecule has 1 aliphatic carbocycles. The molecule has 8 heteroatoms. The Bertz CT molecular complexity index is 804. The van der Waals surface area contributed by atoms with E-state index in [1.807, 2.05) is 16.7 Å². The van der Waals surface area contributed by atoms with E-state index in [9.17, 15) is 4.79 Å². The number of carbonyl (C=O) groups is 1. The lowest BCUT2D eigenvalue weighted by molar-refractivity contribution is -0.118. The van der Waals surface area contributed by atoms with Crippen molar-refractivity contribution in [1.82, 2.24) is 20.1 Å². The summed E-state index contributed by atoms with van der Waals surface area (Å²) in [6.07, 6.45) is 8.10. The number of aromatic nitrogens is 3. The summed E-state index contributed by atoms with van der Waals surface area (Å²) in [5.41, 5.74) is 0. The van der Waals surface area contributed by atoms with Gasteiger partial charge in [-0.1, -0.05) is 48.7 Å². The lowest BCUT2D eigenvalue weighted by Gasteiger charge is -2.21. The molecule has 0 bridgehead atoms. The normalized spacial score (nSPS) is 14.5. The second-order valence-corrected chi connectivity index (χ2v) is 8.52. The summed E-state index contributed by atoms with van der Waals surface area (Å²) < 4.78 is 7.69. The first-order valence-electron chi connectivity index (χ1n) is 9.96. The molecule has 0 spiro atoms. The zero-order valence-electron chi connectivity index (χ0n) is 16.5. The molecule has 0 radical (unpaired) electrons. The third-order valence-electron chi connectivity index (χ3n) is 4.93. The summed E-state index contributed by atoms with van der Waals surface area (Å²) in [5.74, 6) is 2.37. The maximum Gasteiger partial charge on any atom is 0.230 e. The molecule has 3 rings (SSSR count). The number of hydrogen-bond donors (Lipinski definition) is 1. The van der Waals surface area contributed by atoms with Crippen LogP contribution in [0, 0.1) is 5.92 Å². The Morgan fingerprint density at radius 3 is 2.76 bits per heavy atom. The van der Waals surface area contributed by atoms with Crippen LogP contribution < -0.4 is 10.1 Å². The van der Waals surface area contributed by atoms with Crippen molar-refractivity contribution in [3.8, 4) is 5.75 Å². The smallest absolute Gasteiger partial charge is 0.230 e. The van der Waals surface area contributed by atoms with E-state index in [-0.39, 0.29) is 12.5 Å². The highest BCUT2D eigenvalue weighted by atomic mass is 35.5. The Labute approximate surface area is 181 Å². The van der Waals surface area contributed by atoms with Crippen LogP contribution >= 0.6 is 23.4 Å². The standard InChI is InChI=1S/C21H27ClN4O2S/c1-2-12-26-19(14-28-18-10-8-17(22)9-11-18)24-25-21(26)29-15-20(27)23-13-16-6-4-3-5-7-16/h2,8-11,16H,1,3-7,12-15H2,(H,23,27). The maximum absolute atomic E-state index is 12.2. The van der Waals surface area contributed by atoms with Gasteiger partial charge in [0.15, 0.2) is 11.0 Å². The fourth-order valence-electron chi connectivity index (χ4n) is 3.35. The molecule has 1 amide bonds. The van der Waals surface area contributed by atoms with E-state index in [0.717, 1.165) is 6.54 Å². The van der Waals surface area contributed by atoms with Crippen LogP contribution in [0.2, 0.25) is 5.02 Å². The highest BCUT2D eigenvalue weighted by Gasteiger charge is 2.16. The van der Waals surface area contributed by atoms with Crippen molar-refractivity contribution in [2.45, 2.75) is 50.4 Å². The number of amides is 1. The Hall–Kier alpha value is -1.99. The van der Waals surface area contributed by atoms with Crippen molar-refractivity contribution < 1.29 is 9.53 Å². The number of rotatable bonds is 10. The SMILES string of the molecule is C=CCn1c(COc2ccc(Cl)cc2)nnc1SCC(=O)NCC1CCCCC1. The first-order valence-corrected chi connectivity index (χ1v) is 11.3. The largest absolute Gasteiger partial charge is 0.486 e. The number of hydrogen-bond acceptors (Lipinski definition) is 5. The highest BCUT2D eigenvalue weighted by Crippen LogP contribution is 2.23. The van der Waals surface area contributed by atoms with E-state index < -0.39 is 0 Å². The van der Waals surface area contributed by atoms with Gasteiger partial charge in [0.2, 0.25) is 5.91 Å². The van der Waals surface area contributed by atoms with Gasteiger partial charge in [-0.2, -0.15) is 0 Å². The van der Waals surface area contributed by atoms with E-state index >= 15 is 0 Å². The molecule has 0 saturated heterocycles. The first-order chi connectivity index (χ1) is 14.2. The quantitative estimate of drug-likeness (QED) is 0.441. The van der Waals surface area contributed by atoms with Crippen LogP contribution in [0.5, 0.6) is 5.75 Å². The number of nitrogens with zero attached hydrogens (tertiary/aromatic N) is 3. The summed E-state index contributed by atoms with van der Waals surface area (Å²) >= 11 is 7.28. The molecule has 0 atom stereocenters. The number of allylic oxidation sites excluding steroid dienone is 1. The maximum atomic E-state index is 12.2. The summed E-state index contributed by atoms with van der Waals surface area (Å²) in [7, 11) is 0. The van der Waals surface area contributed by atoms with Gasteiger partial charge in [-0.25, -0.2) is 0 Å². The van der Waals surface area contributed by atoms with Crippen LogP contribution in [0.1, 0.15) is 37.9 Å². The molecule has 1 N–H and O–H groups in total. The van der Waals surface area contributed by atoms with Gasteiger partial charge >= 0.3 is 0 Å². The molecular formula is C21H27ClN4O2S. The highest BCUT2D eigenvalue weighted by molar-refractivity contribution is 7.99. The van der Waals surface area contributed by atoms with Gasteiger partial charge in [0.05, 0.1) is 5.75 Å². The Kier molecular flexibility index (Phi) is 8.43. The third-order valence-corrected chi connectivity index (χ3v) is 6.15. The average Bonchev–Trinajstić information content (AvgIpc) is 3.13. The molecule has 156 valence electrons. The number of halogens is 1. The zero-order chi connectivity index (χ0) is 20.5. The Morgan fingerprint density at radius 2 is 2.03 bits per heavy atom. The molecule has 0 aliphatic heterocycles. The fourth-order valence-corrected chi connectivity index (χ4v) is 4.28. The molecule has 6 nitrogen and oxygen atoms in total.